The maximum Gasteiger partial charge on any atom is 0.408 e. The van der Waals surface area contributed by atoms with Gasteiger partial charge in [-0.05, 0) is 135 Å². The monoisotopic (exact) mass is 1170 g/mol. The molecule has 454 valence electrons. The first-order valence-electron chi connectivity index (χ1n) is 29.2. The topological polar surface area (TPSA) is 187 Å². The SMILES string of the molecule is CC[C@H]1CN([C@@H](Cc2ccc3ccccc3c2)C(=O)O)CCN1C(=O)[C@@H](Cc1ccc(F)cc1)NC(=O)OC(C)(C)C.CC[C@H]1CN([C@@H](Cc2ccc3ccccc3c2)C(=O)OC)CCN1C(=O)[C@@H](Cc1ccc(F)cc1)NC(=O)OC(C)(C)C. The molecule has 16 nitrogen and oxygen atoms in total. The number of carboxylic acid groups (broad SMARTS) is 1. The van der Waals surface area contributed by atoms with E-state index in [9.17, 15) is 42.7 Å². The Bertz CT molecular complexity index is 3260. The van der Waals surface area contributed by atoms with Crippen molar-refractivity contribution in [3.05, 3.63) is 167 Å². The van der Waals surface area contributed by atoms with E-state index in [-0.39, 0.29) is 54.3 Å². The first-order valence-corrected chi connectivity index (χ1v) is 29.2. The van der Waals surface area contributed by atoms with Gasteiger partial charge in [0.1, 0.15) is 47.0 Å². The molecule has 0 saturated carbocycles. The second kappa shape index (κ2) is 29.2. The van der Waals surface area contributed by atoms with Crippen molar-refractivity contribution >= 4 is 57.5 Å². The molecule has 0 aromatic heterocycles. The summed E-state index contributed by atoms with van der Waals surface area (Å²) < 4.78 is 43.2. The Morgan fingerprint density at radius 1 is 0.518 bits per heavy atom. The van der Waals surface area contributed by atoms with Crippen LogP contribution in [-0.4, -0.2) is 154 Å². The van der Waals surface area contributed by atoms with Crippen molar-refractivity contribution in [2.24, 2.45) is 0 Å². The van der Waals surface area contributed by atoms with E-state index in [2.05, 4.69) is 39.8 Å². The molecule has 0 bridgehead atoms. The molecular formula is C67H82F2N6O10. The number of alkyl carbamates (subject to hydrolysis) is 2. The van der Waals surface area contributed by atoms with Gasteiger partial charge in [-0.3, -0.25) is 29.0 Å². The molecule has 0 spiro atoms. The van der Waals surface area contributed by atoms with Crippen molar-refractivity contribution in [1.82, 2.24) is 30.2 Å². The van der Waals surface area contributed by atoms with Gasteiger partial charge in [-0.1, -0.05) is 123 Å². The highest BCUT2D eigenvalue weighted by Crippen LogP contribution is 2.26. The first kappa shape index (κ1) is 64.6. The highest BCUT2D eigenvalue weighted by atomic mass is 19.1. The molecule has 85 heavy (non-hydrogen) atoms. The number of benzene rings is 6. The number of hydrogen-bond acceptors (Lipinski definition) is 11. The largest absolute Gasteiger partial charge is 0.480 e. The fourth-order valence-electron chi connectivity index (χ4n) is 11.1. The number of rotatable bonds is 18. The highest BCUT2D eigenvalue weighted by molar-refractivity contribution is 5.88. The zero-order valence-corrected chi connectivity index (χ0v) is 50.3. The molecular weight excluding hydrogens is 1090 g/mol. The van der Waals surface area contributed by atoms with E-state index >= 15 is 0 Å². The molecule has 2 heterocycles. The third-order valence-electron chi connectivity index (χ3n) is 15.3. The number of amides is 4. The Morgan fingerprint density at radius 2 is 0.882 bits per heavy atom. The molecule has 3 N–H and O–H groups in total. The number of esters is 1. The summed E-state index contributed by atoms with van der Waals surface area (Å²) >= 11 is 0. The number of hydrogen-bond donors (Lipinski definition) is 3. The summed E-state index contributed by atoms with van der Waals surface area (Å²) in [6.45, 7) is 16.9. The van der Waals surface area contributed by atoms with Gasteiger partial charge in [-0.15, -0.1) is 0 Å². The van der Waals surface area contributed by atoms with Gasteiger partial charge in [0.25, 0.3) is 0 Å². The number of nitrogens with one attached hydrogen (secondary N) is 2. The molecule has 6 aromatic carbocycles. The number of fused-ring (bicyclic) bond motifs is 2. The minimum atomic E-state index is -0.932. The summed E-state index contributed by atoms with van der Waals surface area (Å²) in [5, 5.41) is 20.1. The van der Waals surface area contributed by atoms with Crippen molar-refractivity contribution in [3.63, 3.8) is 0 Å². The second-order valence-electron chi connectivity index (χ2n) is 23.9. The van der Waals surface area contributed by atoms with E-state index in [1.54, 1.807) is 75.6 Å². The second-order valence-corrected chi connectivity index (χ2v) is 23.9. The van der Waals surface area contributed by atoms with Crippen LogP contribution in [0.5, 0.6) is 0 Å². The van der Waals surface area contributed by atoms with E-state index in [4.69, 9.17) is 14.2 Å². The smallest absolute Gasteiger partial charge is 0.408 e. The Hall–Kier alpha value is -7.96. The third kappa shape index (κ3) is 18.5. The zero-order valence-electron chi connectivity index (χ0n) is 50.3. The van der Waals surface area contributed by atoms with Crippen molar-refractivity contribution in [3.8, 4) is 0 Å². The Labute approximate surface area is 497 Å². The van der Waals surface area contributed by atoms with Crippen LogP contribution in [0.1, 0.15) is 90.5 Å². The third-order valence-corrected chi connectivity index (χ3v) is 15.3. The summed E-state index contributed by atoms with van der Waals surface area (Å²) in [6, 6.07) is 36.4. The van der Waals surface area contributed by atoms with Gasteiger partial charge in [0, 0.05) is 64.2 Å². The van der Waals surface area contributed by atoms with Crippen molar-refractivity contribution in [1.29, 1.82) is 0 Å². The van der Waals surface area contributed by atoms with Gasteiger partial charge in [0.2, 0.25) is 11.8 Å². The number of methoxy groups -OCH3 is 1. The lowest BCUT2D eigenvalue weighted by atomic mass is 9.98. The van der Waals surface area contributed by atoms with E-state index < -0.39 is 53.5 Å². The molecule has 2 saturated heterocycles. The summed E-state index contributed by atoms with van der Waals surface area (Å²) in [7, 11) is 1.40. The molecule has 0 unspecified atom stereocenters. The van der Waals surface area contributed by atoms with Crippen molar-refractivity contribution in [2.75, 3.05) is 46.4 Å². The number of piperazine rings is 2. The highest BCUT2D eigenvalue weighted by Gasteiger charge is 2.40. The summed E-state index contributed by atoms with van der Waals surface area (Å²) in [5.41, 5.74) is 1.89. The summed E-state index contributed by atoms with van der Waals surface area (Å²) in [6.07, 6.45) is 1.03. The van der Waals surface area contributed by atoms with E-state index in [1.165, 1.54) is 31.4 Å². The van der Waals surface area contributed by atoms with Gasteiger partial charge in [0.05, 0.1) is 7.11 Å². The maximum absolute atomic E-state index is 14.0. The molecule has 6 atom stereocenters. The van der Waals surface area contributed by atoms with Gasteiger partial charge in [-0.25, -0.2) is 18.4 Å². The fraction of sp³-hybridized carbons (Fsp3) is 0.433. The van der Waals surface area contributed by atoms with Crippen molar-refractivity contribution < 1.29 is 56.9 Å². The number of halogens is 2. The molecule has 6 aromatic rings. The lowest BCUT2D eigenvalue weighted by molar-refractivity contribution is -0.150. The number of ether oxygens (including phenoxy) is 3. The number of carbonyl (C=O) groups excluding carboxylic acids is 5. The van der Waals surface area contributed by atoms with Gasteiger partial charge >= 0.3 is 24.1 Å². The fourth-order valence-corrected chi connectivity index (χ4v) is 11.1. The van der Waals surface area contributed by atoms with Crippen LogP contribution in [0.4, 0.5) is 18.4 Å². The molecule has 2 aliphatic rings. The van der Waals surface area contributed by atoms with E-state index in [0.717, 1.165) is 32.7 Å². The molecule has 8 rings (SSSR count). The van der Waals surface area contributed by atoms with Gasteiger partial charge in [-0.2, -0.15) is 0 Å². The van der Waals surface area contributed by atoms with Crippen LogP contribution >= 0.6 is 0 Å². The summed E-state index contributed by atoms with van der Waals surface area (Å²) in [5.74, 6) is -2.51. The van der Waals surface area contributed by atoms with E-state index in [1.807, 2.05) is 79.4 Å². The number of carboxylic acids is 1. The summed E-state index contributed by atoms with van der Waals surface area (Å²) in [4.78, 5) is 86.3. The normalized spacial score (nSPS) is 17.4. The molecule has 0 radical (unpaired) electrons. The predicted molar refractivity (Wildman–Crippen MR) is 324 cm³/mol. The Kier molecular flexibility index (Phi) is 22.2. The minimum absolute atomic E-state index is 0.161. The molecule has 2 fully saturated rings. The average Bonchev–Trinajstić information content (AvgIpc) is 2.19. The van der Waals surface area contributed by atoms with Crippen molar-refractivity contribution in [2.45, 2.75) is 141 Å². The first-order chi connectivity index (χ1) is 40.4. The van der Waals surface area contributed by atoms with Crippen LogP contribution in [0, 0.1) is 11.6 Å². The van der Waals surface area contributed by atoms with E-state index in [0.29, 0.717) is 76.1 Å². The van der Waals surface area contributed by atoms with Crippen LogP contribution in [0.3, 0.4) is 0 Å². The molecule has 18 heteroatoms. The quantitative estimate of drug-likeness (QED) is 0.0547. The Morgan fingerprint density at radius 3 is 1.25 bits per heavy atom. The number of nitrogens with zero attached hydrogens (tertiary/aromatic N) is 4. The zero-order chi connectivity index (χ0) is 61.6. The standard InChI is InChI=1S/C34H42FN3O5.C33H40FN3O5/c1-6-28-22-37(30(32(40)42-5)21-24-11-14-25-9-7-8-10-26(25)19-24)17-18-38(28)31(39)29(36-33(41)43-34(2,3)4)20-23-12-15-27(35)16-13-23;1-5-27-21-36(29(31(39)40)20-23-10-13-24-8-6-7-9-25(24)18-23)16-17-37(27)30(38)28(35-32(41)42-33(2,3)4)19-22-11-14-26(34)15-12-22/h7-16,19,28-30H,6,17-18,20-22H2,1-5H3,(H,36,41);6-15,18,27-29H,5,16-17,19-21H2,1-4H3,(H,35,41)(H,39,40)/t28-,29+,30-;27-,28+,29-/m00/s1. The lowest BCUT2D eigenvalue weighted by Crippen LogP contribution is -2.62. The van der Waals surface area contributed by atoms with Gasteiger partial charge < -0.3 is 39.8 Å². The van der Waals surface area contributed by atoms with Crippen LogP contribution in [0.2, 0.25) is 0 Å². The predicted octanol–water partition coefficient (Wildman–Crippen LogP) is 10.2. The van der Waals surface area contributed by atoms with Gasteiger partial charge in [0.15, 0.2) is 0 Å². The number of carbonyl (C=O) groups is 6. The average molecular weight is 1170 g/mol. The Balaban J connectivity index is 0.000000244. The molecule has 2 aliphatic heterocycles. The lowest BCUT2D eigenvalue weighted by Gasteiger charge is -2.44. The van der Waals surface area contributed by atoms with Crippen LogP contribution in [0.15, 0.2) is 133 Å². The minimum Gasteiger partial charge on any atom is -0.480 e. The van der Waals surface area contributed by atoms with Crippen LogP contribution in [0.25, 0.3) is 21.5 Å². The number of aliphatic carboxylic acids is 1. The molecule has 4 amide bonds. The van der Waals surface area contributed by atoms with Crippen LogP contribution in [-0.2, 0) is 59.1 Å². The molecule has 0 aliphatic carbocycles. The maximum atomic E-state index is 14.0. The van der Waals surface area contributed by atoms with Crippen LogP contribution < -0.4 is 10.6 Å².